The predicted octanol–water partition coefficient (Wildman–Crippen LogP) is 3.98. The maximum absolute atomic E-state index is 12.2. The zero-order chi connectivity index (χ0) is 17.5. The van der Waals surface area contributed by atoms with Crippen LogP contribution in [-0.4, -0.2) is 23.6 Å². The van der Waals surface area contributed by atoms with Crippen LogP contribution in [0.3, 0.4) is 0 Å². The highest BCUT2D eigenvalue weighted by Gasteiger charge is 2.05. The molecule has 4 nitrogen and oxygen atoms in total. The highest BCUT2D eigenvalue weighted by atomic mass is 16.5. The second-order valence-corrected chi connectivity index (χ2v) is 5.91. The third-order valence-electron chi connectivity index (χ3n) is 3.90. The lowest BCUT2D eigenvalue weighted by molar-refractivity contribution is 0.0951. The Labute approximate surface area is 148 Å². The Morgan fingerprint density at radius 1 is 1.04 bits per heavy atom. The Balaban J connectivity index is 1.42. The van der Waals surface area contributed by atoms with Crippen molar-refractivity contribution < 1.29 is 9.53 Å². The first-order chi connectivity index (χ1) is 12.2. The lowest BCUT2D eigenvalue weighted by Crippen LogP contribution is -2.25. The Bertz CT molecular complexity index is 808. The summed E-state index contributed by atoms with van der Waals surface area (Å²) in [6.45, 7) is 3.20. The lowest BCUT2D eigenvalue weighted by Gasteiger charge is -2.09. The molecule has 3 aromatic rings. The van der Waals surface area contributed by atoms with E-state index in [1.165, 1.54) is 5.56 Å². The van der Waals surface area contributed by atoms with Gasteiger partial charge in [0.2, 0.25) is 0 Å². The van der Waals surface area contributed by atoms with Gasteiger partial charge in [-0.2, -0.15) is 0 Å². The van der Waals surface area contributed by atoms with Crippen molar-refractivity contribution in [2.24, 2.45) is 0 Å². The van der Waals surface area contributed by atoms with Crippen molar-refractivity contribution in [1.29, 1.82) is 0 Å². The standard InChI is InChI=1S/C21H22N2O2/c1-17-6-4-7-20(16-17)25-15-5-12-22-21(24)18-8-10-19(11-9-18)23-13-2-3-14-23/h2-4,6-11,13-14,16H,5,12,15H2,1H3,(H,22,24). The molecule has 0 aliphatic rings. The van der Waals surface area contributed by atoms with Gasteiger partial charge in [-0.05, 0) is 67.4 Å². The molecule has 0 fully saturated rings. The molecule has 0 spiro atoms. The number of nitrogens with zero attached hydrogens (tertiary/aromatic N) is 1. The summed E-state index contributed by atoms with van der Waals surface area (Å²) in [4.78, 5) is 12.2. The monoisotopic (exact) mass is 334 g/mol. The molecular weight excluding hydrogens is 312 g/mol. The normalized spacial score (nSPS) is 10.4. The van der Waals surface area contributed by atoms with E-state index in [0.717, 1.165) is 17.9 Å². The smallest absolute Gasteiger partial charge is 0.251 e. The maximum atomic E-state index is 12.2. The summed E-state index contributed by atoms with van der Waals surface area (Å²) in [5.74, 6) is 0.807. The summed E-state index contributed by atoms with van der Waals surface area (Å²) in [6, 6.07) is 19.5. The minimum Gasteiger partial charge on any atom is -0.494 e. The van der Waals surface area contributed by atoms with Gasteiger partial charge in [0.25, 0.3) is 5.91 Å². The predicted molar refractivity (Wildman–Crippen MR) is 99.4 cm³/mol. The zero-order valence-corrected chi connectivity index (χ0v) is 14.3. The van der Waals surface area contributed by atoms with Gasteiger partial charge in [-0.3, -0.25) is 4.79 Å². The Morgan fingerprint density at radius 3 is 2.52 bits per heavy atom. The second kappa shape index (κ2) is 8.20. The fraction of sp³-hybridized carbons (Fsp3) is 0.190. The molecule has 0 saturated carbocycles. The molecule has 0 aliphatic heterocycles. The van der Waals surface area contributed by atoms with Gasteiger partial charge in [-0.1, -0.05) is 12.1 Å². The first-order valence-electron chi connectivity index (χ1n) is 8.43. The molecule has 128 valence electrons. The first-order valence-corrected chi connectivity index (χ1v) is 8.43. The number of ether oxygens (including phenoxy) is 1. The molecular formula is C21H22N2O2. The van der Waals surface area contributed by atoms with Crippen LogP contribution in [0.2, 0.25) is 0 Å². The SMILES string of the molecule is Cc1cccc(OCCCNC(=O)c2ccc(-n3cccc3)cc2)c1. The van der Waals surface area contributed by atoms with E-state index in [4.69, 9.17) is 4.74 Å². The highest BCUT2D eigenvalue weighted by molar-refractivity contribution is 5.94. The molecule has 1 N–H and O–H groups in total. The molecule has 2 aromatic carbocycles. The van der Waals surface area contributed by atoms with Gasteiger partial charge in [-0.25, -0.2) is 0 Å². The summed E-state index contributed by atoms with van der Waals surface area (Å²) in [5.41, 5.74) is 2.87. The molecule has 0 atom stereocenters. The third kappa shape index (κ3) is 4.73. The van der Waals surface area contributed by atoms with Crippen LogP contribution in [0.15, 0.2) is 73.1 Å². The average molecular weight is 334 g/mol. The van der Waals surface area contributed by atoms with Gasteiger partial charge in [0, 0.05) is 30.2 Å². The average Bonchev–Trinajstić information content (AvgIpc) is 3.16. The molecule has 0 saturated heterocycles. The number of aromatic nitrogens is 1. The van der Waals surface area contributed by atoms with Crippen molar-refractivity contribution >= 4 is 5.91 Å². The number of aryl methyl sites for hydroxylation is 1. The quantitative estimate of drug-likeness (QED) is 0.664. The fourth-order valence-corrected chi connectivity index (χ4v) is 2.56. The largest absolute Gasteiger partial charge is 0.494 e. The van der Waals surface area contributed by atoms with E-state index in [1.54, 1.807) is 0 Å². The number of carbonyl (C=O) groups excluding carboxylic acids is 1. The topological polar surface area (TPSA) is 43.3 Å². The molecule has 1 aromatic heterocycles. The van der Waals surface area contributed by atoms with Gasteiger partial charge < -0.3 is 14.6 Å². The zero-order valence-electron chi connectivity index (χ0n) is 14.3. The molecule has 0 radical (unpaired) electrons. The molecule has 4 heteroatoms. The number of hydrogen-bond acceptors (Lipinski definition) is 2. The minimum atomic E-state index is -0.0605. The molecule has 3 rings (SSSR count). The summed E-state index contributed by atoms with van der Waals surface area (Å²) in [5, 5.41) is 2.93. The highest BCUT2D eigenvalue weighted by Crippen LogP contribution is 2.12. The number of rotatable bonds is 7. The number of benzene rings is 2. The molecule has 0 aliphatic carbocycles. The summed E-state index contributed by atoms with van der Waals surface area (Å²) < 4.78 is 7.68. The van der Waals surface area contributed by atoms with Gasteiger partial charge in [0.15, 0.2) is 0 Å². The Kier molecular flexibility index (Phi) is 5.52. The third-order valence-corrected chi connectivity index (χ3v) is 3.90. The van der Waals surface area contributed by atoms with Crippen LogP contribution in [0.4, 0.5) is 0 Å². The molecule has 1 amide bonds. The Morgan fingerprint density at radius 2 is 1.80 bits per heavy atom. The van der Waals surface area contributed by atoms with E-state index in [2.05, 4.69) is 5.32 Å². The van der Waals surface area contributed by atoms with E-state index in [1.807, 2.05) is 84.5 Å². The van der Waals surface area contributed by atoms with Crippen LogP contribution in [0.1, 0.15) is 22.3 Å². The maximum Gasteiger partial charge on any atom is 0.251 e. The molecule has 0 bridgehead atoms. The number of amides is 1. The van der Waals surface area contributed by atoms with Crippen LogP contribution >= 0.6 is 0 Å². The number of nitrogens with one attached hydrogen (secondary N) is 1. The summed E-state index contributed by atoms with van der Waals surface area (Å²) in [7, 11) is 0. The lowest BCUT2D eigenvalue weighted by atomic mass is 10.2. The second-order valence-electron chi connectivity index (χ2n) is 5.91. The van der Waals surface area contributed by atoms with Crippen molar-refractivity contribution in [1.82, 2.24) is 9.88 Å². The van der Waals surface area contributed by atoms with Crippen LogP contribution in [0.5, 0.6) is 5.75 Å². The first kappa shape index (κ1) is 16.8. The molecule has 25 heavy (non-hydrogen) atoms. The van der Waals surface area contributed by atoms with Crippen LogP contribution < -0.4 is 10.1 Å². The molecule has 0 unspecified atom stereocenters. The van der Waals surface area contributed by atoms with Crippen molar-refractivity contribution in [3.63, 3.8) is 0 Å². The Hall–Kier alpha value is -3.01. The number of carbonyl (C=O) groups is 1. The van der Waals surface area contributed by atoms with Crippen molar-refractivity contribution in [3.8, 4) is 11.4 Å². The summed E-state index contributed by atoms with van der Waals surface area (Å²) in [6.07, 6.45) is 4.72. The van der Waals surface area contributed by atoms with Crippen molar-refractivity contribution in [2.45, 2.75) is 13.3 Å². The van der Waals surface area contributed by atoms with E-state index in [0.29, 0.717) is 18.7 Å². The van der Waals surface area contributed by atoms with Gasteiger partial charge in [-0.15, -0.1) is 0 Å². The van der Waals surface area contributed by atoms with Gasteiger partial charge in [0.1, 0.15) is 5.75 Å². The van der Waals surface area contributed by atoms with Gasteiger partial charge >= 0.3 is 0 Å². The molecule has 1 heterocycles. The van der Waals surface area contributed by atoms with E-state index < -0.39 is 0 Å². The van der Waals surface area contributed by atoms with Crippen LogP contribution in [0.25, 0.3) is 5.69 Å². The van der Waals surface area contributed by atoms with Gasteiger partial charge in [0.05, 0.1) is 6.61 Å². The van der Waals surface area contributed by atoms with E-state index in [9.17, 15) is 4.79 Å². The van der Waals surface area contributed by atoms with Crippen LogP contribution in [0, 0.1) is 6.92 Å². The van der Waals surface area contributed by atoms with E-state index >= 15 is 0 Å². The van der Waals surface area contributed by atoms with Crippen LogP contribution in [-0.2, 0) is 0 Å². The number of hydrogen-bond donors (Lipinski definition) is 1. The van der Waals surface area contributed by atoms with Crippen molar-refractivity contribution in [3.05, 3.63) is 84.2 Å². The minimum absolute atomic E-state index is 0.0605. The summed E-state index contributed by atoms with van der Waals surface area (Å²) >= 11 is 0. The fourth-order valence-electron chi connectivity index (χ4n) is 2.56. The van der Waals surface area contributed by atoms with E-state index in [-0.39, 0.29) is 5.91 Å². The van der Waals surface area contributed by atoms with Crippen molar-refractivity contribution in [2.75, 3.05) is 13.2 Å².